The summed E-state index contributed by atoms with van der Waals surface area (Å²) in [4.78, 5) is 12.4. The van der Waals surface area contributed by atoms with Gasteiger partial charge in [-0.15, -0.1) is 0 Å². The summed E-state index contributed by atoms with van der Waals surface area (Å²) < 4.78 is 1.66. The smallest absolute Gasteiger partial charge is 0.251 e. The Bertz CT molecular complexity index is 840. The van der Waals surface area contributed by atoms with Gasteiger partial charge in [0.1, 0.15) is 0 Å². The van der Waals surface area contributed by atoms with Crippen LogP contribution in [0.2, 0.25) is 0 Å². The number of allylic oxidation sites excluding steroid dienone is 5. The van der Waals surface area contributed by atoms with Crippen molar-refractivity contribution in [3.8, 4) is 11.8 Å². The second-order valence-electron chi connectivity index (χ2n) is 5.90. The molecule has 0 bridgehead atoms. The van der Waals surface area contributed by atoms with E-state index < -0.39 is 0 Å². The van der Waals surface area contributed by atoms with E-state index in [1.54, 1.807) is 17.1 Å². The number of nitrogens with zero attached hydrogens (tertiary/aromatic N) is 2. The molecule has 1 aromatic rings. The molecule has 122 valence electrons. The molecule has 2 heterocycles. The van der Waals surface area contributed by atoms with E-state index in [4.69, 9.17) is 0 Å². The molecule has 2 aliphatic rings. The molecule has 0 radical (unpaired) electrons. The summed E-state index contributed by atoms with van der Waals surface area (Å²) in [6, 6.07) is 0. The minimum Gasteiger partial charge on any atom is -0.386 e. The number of anilines is 1. The highest BCUT2D eigenvalue weighted by Crippen LogP contribution is 2.24. The van der Waals surface area contributed by atoms with E-state index in [0.29, 0.717) is 5.69 Å². The number of hydrogen-bond donors (Lipinski definition) is 2. The van der Waals surface area contributed by atoms with Crippen molar-refractivity contribution in [2.75, 3.05) is 11.9 Å². The molecule has 1 aliphatic heterocycles. The number of aryl methyl sites for hydroxylation is 1. The van der Waals surface area contributed by atoms with E-state index in [0.717, 1.165) is 36.1 Å². The fourth-order valence-corrected chi connectivity index (χ4v) is 2.54. The minimum absolute atomic E-state index is 0.0868. The van der Waals surface area contributed by atoms with Crippen LogP contribution in [-0.2, 0) is 11.8 Å². The summed E-state index contributed by atoms with van der Waals surface area (Å²) in [6.07, 6.45) is 12.8. The van der Waals surface area contributed by atoms with Gasteiger partial charge in [-0.2, -0.15) is 5.10 Å². The summed E-state index contributed by atoms with van der Waals surface area (Å²) in [5.41, 5.74) is 4.66. The molecule has 0 saturated heterocycles. The predicted octanol–water partition coefficient (Wildman–Crippen LogP) is 2.44. The van der Waals surface area contributed by atoms with E-state index >= 15 is 0 Å². The zero-order valence-electron chi connectivity index (χ0n) is 13.9. The molecule has 1 aromatic heterocycles. The van der Waals surface area contributed by atoms with E-state index in [2.05, 4.69) is 34.5 Å². The van der Waals surface area contributed by atoms with Crippen LogP contribution in [0.15, 0.2) is 59.1 Å². The standard InChI is InChI=1S/C19H20N4O/c1-14-5-7-17(19(24)22-18-12-21-23(2)13-18)10-16(14)8-6-15-4-3-9-20-11-15/h3-4,9-10,12-13,20H,5,7,11H2,1-2H3,(H,22,24). The van der Waals surface area contributed by atoms with Crippen molar-refractivity contribution in [1.82, 2.24) is 15.1 Å². The average Bonchev–Trinajstić information content (AvgIpc) is 3.00. The lowest BCUT2D eigenvalue weighted by Gasteiger charge is -2.14. The first-order valence-electron chi connectivity index (χ1n) is 7.93. The van der Waals surface area contributed by atoms with E-state index in [9.17, 15) is 4.79 Å². The highest BCUT2D eigenvalue weighted by Gasteiger charge is 2.16. The molecule has 0 fully saturated rings. The Labute approximate surface area is 141 Å². The zero-order valence-corrected chi connectivity index (χ0v) is 13.9. The summed E-state index contributed by atoms with van der Waals surface area (Å²) in [5.74, 6) is 6.31. The molecule has 1 amide bonds. The van der Waals surface area contributed by atoms with Crippen molar-refractivity contribution >= 4 is 11.6 Å². The Morgan fingerprint density at radius 1 is 1.38 bits per heavy atom. The van der Waals surface area contributed by atoms with Gasteiger partial charge in [0.2, 0.25) is 0 Å². The van der Waals surface area contributed by atoms with Gasteiger partial charge >= 0.3 is 0 Å². The lowest BCUT2D eigenvalue weighted by molar-refractivity contribution is -0.113. The SMILES string of the molecule is CC1=C(C#CC2=CC=CNC2)C=C(C(=O)Nc2cnn(C)c2)CC1. The van der Waals surface area contributed by atoms with Gasteiger partial charge in [0, 0.05) is 36.5 Å². The molecule has 3 rings (SSSR count). The molecule has 2 N–H and O–H groups in total. The lowest BCUT2D eigenvalue weighted by atomic mass is 9.92. The third-order valence-corrected chi connectivity index (χ3v) is 3.96. The van der Waals surface area contributed by atoms with Crippen LogP contribution in [0.1, 0.15) is 19.8 Å². The Balaban J connectivity index is 1.75. The maximum Gasteiger partial charge on any atom is 0.251 e. The van der Waals surface area contributed by atoms with Crippen LogP contribution in [0.3, 0.4) is 0 Å². The minimum atomic E-state index is -0.0868. The molecule has 24 heavy (non-hydrogen) atoms. The second-order valence-corrected chi connectivity index (χ2v) is 5.90. The van der Waals surface area contributed by atoms with Crippen molar-refractivity contribution in [2.24, 2.45) is 7.05 Å². The molecule has 0 unspecified atom stereocenters. The Morgan fingerprint density at radius 2 is 2.25 bits per heavy atom. The van der Waals surface area contributed by atoms with Crippen LogP contribution in [0.5, 0.6) is 0 Å². The van der Waals surface area contributed by atoms with E-state index in [-0.39, 0.29) is 5.91 Å². The van der Waals surface area contributed by atoms with Gasteiger partial charge in [-0.3, -0.25) is 9.48 Å². The largest absolute Gasteiger partial charge is 0.386 e. The normalized spacial score (nSPS) is 16.6. The molecule has 5 nitrogen and oxygen atoms in total. The van der Waals surface area contributed by atoms with E-state index in [1.165, 1.54) is 5.57 Å². The van der Waals surface area contributed by atoms with Crippen molar-refractivity contribution in [3.05, 3.63) is 59.1 Å². The lowest BCUT2D eigenvalue weighted by Crippen LogP contribution is -2.16. The first-order chi connectivity index (χ1) is 11.6. The monoisotopic (exact) mass is 320 g/mol. The van der Waals surface area contributed by atoms with Crippen molar-refractivity contribution in [2.45, 2.75) is 19.8 Å². The summed E-state index contributed by atoms with van der Waals surface area (Å²) in [5, 5.41) is 10.1. The number of rotatable bonds is 2. The molecule has 0 saturated carbocycles. The number of dihydropyridines is 1. The first kappa shape index (κ1) is 15.9. The topological polar surface area (TPSA) is 59.0 Å². The summed E-state index contributed by atoms with van der Waals surface area (Å²) in [7, 11) is 1.82. The van der Waals surface area contributed by atoms with Gasteiger partial charge < -0.3 is 10.6 Å². The highest BCUT2D eigenvalue weighted by atomic mass is 16.1. The average molecular weight is 320 g/mol. The van der Waals surface area contributed by atoms with Gasteiger partial charge in [0.15, 0.2) is 0 Å². The number of amides is 1. The Hall–Kier alpha value is -3.00. The summed E-state index contributed by atoms with van der Waals surface area (Å²) >= 11 is 0. The third-order valence-electron chi connectivity index (χ3n) is 3.96. The van der Waals surface area contributed by atoms with Crippen LogP contribution in [-0.4, -0.2) is 22.2 Å². The molecular weight excluding hydrogens is 300 g/mol. The van der Waals surface area contributed by atoms with Crippen LogP contribution in [0.4, 0.5) is 5.69 Å². The maximum atomic E-state index is 12.4. The third kappa shape index (κ3) is 3.85. The number of aromatic nitrogens is 2. The Kier molecular flexibility index (Phi) is 4.66. The van der Waals surface area contributed by atoms with Gasteiger partial charge in [-0.25, -0.2) is 0 Å². The fraction of sp³-hybridized carbons (Fsp3) is 0.263. The molecule has 0 atom stereocenters. The number of nitrogens with one attached hydrogen (secondary N) is 2. The molecule has 0 spiro atoms. The molecule has 5 heteroatoms. The molecule has 0 aromatic carbocycles. The van der Waals surface area contributed by atoms with Gasteiger partial charge in [0.25, 0.3) is 5.91 Å². The maximum absolute atomic E-state index is 12.4. The van der Waals surface area contributed by atoms with Crippen molar-refractivity contribution in [3.63, 3.8) is 0 Å². The zero-order chi connectivity index (χ0) is 16.9. The van der Waals surface area contributed by atoms with Crippen LogP contribution >= 0.6 is 0 Å². The quantitative estimate of drug-likeness (QED) is 0.823. The number of carbonyl (C=O) groups is 1. The highest BCUT2D eigenvalue weighted by molar-refractivity contribution is 6.04. The predicted molar refractivity (Wildman–Crippen MR) is 94.9 cm³/mol. The van der Waals surface area contributed by atoms with Crippen molar-refractivity contribution in [1.29, 1.82) is 0 Å². The molecule has 1 aliphatic carbocycles. The van der Waals surface area contributed by atoms with Gasteiger partial charge in [-0.1, -0.05) is 17.4 Å². The van der Waals surface area contributed by atoms with Crippen LogP contribution in [0, 0.1) is 11.8 Å². The van der Waals surface area contributed by atoms with Crippen LogP contribution in [0.25, 0.3) is 0 Å². The first-order valence-corrected chi connectivity index (χ1v) is 7.93. The second kappa shape index (κ2) is 7.05. The molecular formula is C19H20N4O. The van der Waals surface area contributed by atoms with Crippen LogP contribution < -0.4 is 10.6 Å². The Morgan fingerprint density at radius 3 is 2.96 bits per heavy atom. The van der Waals surface area contributed by atoms with Gasteiger partial charge in [-0.05, 0) is 44.2 Å². The fourth-order valence-electron chi connectivity index (χ4n) is 2.54. The summed E-state index contributed by atoms with van der Waals surface area (Å²) in [6.45, 7) is 2.82. The van der Waals surface area contributed by atoms with E-state index in [1.807, 2.05) is 31.5 Å². The number of hydrogen-bond acceptors (Lipinski definition) is 3. The van der Waals surface area contributed by atoms with Crippen molar-refractivity contribution < 1.29 is 4.79 Å². The number of carbonyl (C=O) groups excluding carboxylic acids is 1. The van der Waals surface area contributed by atoms with Gasteiger partial charge in [0.05, 0.1) is 11.9 Å².